The van der Waals surface area contributed by atoms with Crippen LogP contribution in [0.15, 0.2) is 48.5 Å². The first-order valence-electron chi connectivity index (χ1n) is 10.4. The zero-order chi connectivity index (χ0) is 20.8. The van der Waals surface area contributed by atoms with Crippen LogP contribution in [0.3, 0.4) is 0 Å². The Kier molecular flexibility index (Phi) is 6.91. The minimum absolute atomic E-state index is 0.0198. The predicted molar refractivity (Wildman–Crippen MR) is 115 cm³/mol. The number of hydrogen-bond acceptors (Lipinski definition) is 3. The van der Waals surface area contributed by atoms with E-state index < -0.39 is 0 Å². The lowest BCUT2D eigenvalue weighted by atomic mass is 10.0. The van der Waals surface area contributed by atoms with E-state index in [4.69, 9.17) is 4.74 Å². The summed E-state index contributed by atoms with van der Waals surface area (Å²) in [4.78, 5) is 26.7. The summed E-state index contributed by atoms with van der Waals surface area (Å²) in [7, 11) is 0. The van der Waals surface area contributed by atoms with Crippen molar-refractivity contribution in [3.05, 3.63) is 59.7 Å². The molecule has 1 saturated heterocycles. The Hall–Kier alpha value is -2.82. The number of anilines is 1. The molecular weight excluding hydrogens is 364 g/mol. The smallest absolute Gasteiger partial charge is 0.227 e. The lowest BCUT2D eigenvalue weighted by Crippen LogP contribution is -2.32. The number of carbonyl (C=O) groups excluding carboxylic acids is 2. The van der Waals surface area contributed by atoms with Crippen molar-refractivity contribution in [3.63, 3.8) is 0 Å². The standard InChI is InChI=1S/C24H30N2O3/c1-4-13-29-22-11-9-21(10-12-22)26-16-20(14-23(26)27)24(28)25-15-18-5-7-19(8-6-18)17(2)3/h5-12,17,20H,4,13-16H2,1-3H3,(H,25,28)/t20-/m0/s1. The van der Waals surface area contributed by atoms with Crippen LogP contribution in [-0.2, 0) is 16.1 Å². The third-order valence-electron chi connectivity index (χ3n) is 5.23. The number of carbonyl (C=O) groups is 2. The lowest BCUT2D eigenvalue weighted by Gasteiger charge is -2.17. The highest BCUT2D eigenvalue weighted by molar-refractivity contribution is 6.00. The van der Waals surface area contributed by atoms with Gasteiger partial charge in [-0.2, -0.15) is 0 Å². The molecule has 5 heteroatoms. The van der Waals surface area contributed by atoms with E-state index in [-0.39, 0.29) is 24.2 Å². The van der Waals surface area contributed by atoms with Gasteiger partial charge in [0, 0.05) is 25.2 Å². The summed E-state index contributed by atoms with van der Waals surface area (Å²) < 4.78 is 5.59. The van der Waals surface area contributed by atoms with Gasteiger partial charge < -0.3 is 15.0 Å². The van der Waals surface area contributed by atoms with Crippen LogP contribution < -0.4 is 15.0 Å². The van der Waals surface area contributed by atoms with E-state index in [0.717, 1.165) is 23.4 Å². The quantitative estimate of drug-likeness (QED) is 0.727. The van der Waals surface area contributed by atoms with Crippen LogP contribution in [0.5, 0.6) is 5.75 Å². The summed E-state index contributed by atoms with van der Waals surface area (Å²) in [6.07, 6.45) is 1.19. The van der Waals surface area contributed by atoms with Crippen LogP contribution in [0.1, 0.15) is 50.7 Å². The van der Waals surface area contributed by atoms with Gasteiger partial charge in [-0.3, -0.25) is 9.59 Å². The first-order valence-corrected chi connectivity index (χ1v) is 10.4. The highest BCUT2D eigenvalue weighted by Crippen LogP contribution is 2.27. The Bertz CT molecular complexity index is 828. The number of benzene rings is 2. The minimum atomic E-state index is -0.326. The van der Waals surface area contributed by atoms with Crippen LogP contribution in [0, 0.1) is 5.92 Å². The molecule has 1 aliphatic heterocycles. The fourth-order valence-corrected chi connectivity index (χ4v) is 3.43. The second-order valence-electron chi connectivity index (χ2n) is 7.86. The largest absolute Gasteiger partial charge is 0.494 e. The van der Waals surface area contributed by atoms with E-state index in [0.29, 0.717) is 25.6 Å². The average molecular weight is 395 g/mol. The number of rotatable bonds is 8. The molecule has 5 nitrogen and oxygen atoms in total. The maximum atomic E-state index is 12.6. The Morgan fingerprint density at radius 2 is 1.83 bits per heavy atom. The van der Waals surface area contributed by atoms with Crippen molar-refractivity contribution < 1.29 is 14.3 Å². The predicted octanol–water partition coefficient (Wildman–Crippen LogP) is 4.27. The second kappa shape index (κ2) is 9.59. The summed E-state index contributed by atoms with van der Waals surface area (Å²) in [6.45, 7) is 7.93. The number of nitrogens with zero attached hydrogens (tertiary/aromatic N) is 1. The van der Waals surface area contributed by atoms with Gasteiger partial charge in [0.1, 0.15) is 5.75 Å². The van der Waals surface area contributed by atoms with Crippen molar-refractivity contribution in [2.45, 2.75) is 46.1 Å². The molecule has 3 rings (SSSR count). The molecule has 0 aliphatic carbocycles. The SMILES string of the molecule is CCCOc1ccc(N2C[C@@H](C(=O)NCc3ccc(C(C)C)cc3)CC2=O)cc1. The van der Waals surface area contributed by atoms with Gasteiger partial charge in [0.25, 0.3) is 0 Å². The van der Waals surface area contributed by atoms with Gasteiger partial charge in [0.2, 0.25) is 11.8 Å². The van der Waals surface area contributed by atoms with Crippen molar-refractivity contribution in [3.8, 4) is 5.75 Å². The number of nitrogens with one attached hydrogen (secondary N) is 1. The van der Waals surface area contributed by atoms with Crippen molar-refractivity contribution in [1.29, 1.82) is 0 Å². The molecule has 1 heterocycles. The van der Waals surface area contributed by atoms with Crippen molar-refractivity contribution in [2.75, 3.05) is 18.1 Å². The van der Waals surface area contributed by atoms with Gasteiger partial charge in [-0.05, 0) is 47.7 Å². The Balaban J connectivity index is 1.54. The molecular formula is C24H30N2O3. The zero-order valence-corrected chi connectivity index (χ0v) is 17.5. The molecule has 1 atom stereocenters. The Morgan fingerprint density at radius 3 is 2.45 bits per heavy atom. The molecule has 0 aromatic heterocycles. The molecule has 1 N–H and O–H groups in total. The van der Waals surface area contributed by atoms with Gasteiger partial charge in [0.05, 0.1) is 12.5 Å². The van der Waals surface area contributed by atoms with Crippen molar-refractivity contribution >= 4 is 17.5 Å². The summed E-state index contributed by atoms with van der Waals surface area (Å²) in [5.41, 5.74) is 3.15. The molecule has 0 spiro atoms. The maximum Gasteiger partial charge on any atom is 0.227 e. The molecule has 1 fully saturated rings. The van der Waals surface area contributed by atoms with E-state index in [2.05, 4.69) is 38.2 Å². The van der Waals surface area contributed by atoms with Gasteiger partial charge in [-0.1, -0.05) is 45.0 Å². The third-order valence-corrected chi connectivity index (χ3v) is 5.23. The maximum absolute atomic E-state index is 12.6. The van der Waals surface area contributed by atoms with Gasteiger partial charge >= 0.3 is 0 Å². The molecule has 29 heavy (non-hydrogen) atoms. The van der Waals surface area contributed by atoms with E-state index in [1.807, 2.05) is 36.4 Å². The van der Waals surface area contributed by atoms with Gasteiger partial charge in [-0.25, -0.2) is 0 Å². The molecule has 0 unspecified atom stereocenters. The summed E-state index contributed by atoms with van der Waals surface area (Å²) in [5, 5.41) is 2.98. The topological polar surface area (TPSA) is 58.6 Å². The molecule has 2 aromatic carbocycles. The minimum Gasteiger partial charge on any atom is -0.494 e. The van der Waals surface area contributed by atoms with E-state index in [1.54, 1.807) is 4.90 Å². The monoisotopic (exact) mass is 394 g/mol. The van der Waals surface area contributed by atoms with E-state index in [9.17, 15) is 9.59 Å². The van der Waals surface area contributed by atoms with Crippen LogP contribution in [0.4, 0.5) is 5.69 Å². The normalized spacial score (nSPS) is 16.3. The van der Waals surface area contributed by atoms with Crippen molar-refractivity contribution in [2.24, 2.45) is 5.92 Å². The average Bonchev–Trinajstić information content (AvgIpc) is 3.13. The van der Waals surface area contributed by atoms with E-state index >= 15 is 0 Å². The zero-order valence-electron chi connectivity index (χ0n) is 17.5. The Morgan fingerprint density at radius 1 is 1.14 bits per heavy atom. The molecule has 2 aromatic rings. The fourth-order valence-electron chi connectivity index (χ4n) is 3.43. The number of amides is 2. The second-order valence-corrected chi connectivity index (χ2v) is 7.86. The molecule has 2 amide bonds. The van der Waals surface area contributed by atoms with E-state index in [1.165, 1.54) is 5.56 Å². The van der Waals surface area contributed by atoms with Crippen LogP contribution in [0.25, 0.3) is 0 Å². The molecule has 0 bridgehead atoms. The highest BCUT2D eigenvalue weighted by Gasteiger charge is 2.35. The van der Waals surface area contributed by atoms with Crippen LogP contribution >= 0.6 is 0 Å². The fraction of sp³-hybridized carbons (Fsp3) is 0.417. The molecule has 0 radical (unpaired) electrons. The Labute approximate surface area is 173 Å². The first-order chi connectivity index (χ1) is 14.0. The molecule has 0 saturated carbocycles. The number of ether oxygens (including phenoxy) is 1. The van der Waals surface area contributed by atoms with Crippen LogP contribution in [0.2, 0.25) is 0 Å². The summed E-state index contributed by atoms with van der Waals surface area (Å²) >= 11 is 0. The van der Waals surface area contributed by atoms with Gasteiger partial charge in [-0.15, -0.1) is 0 Å². The highest BCUT2D eigenvalue weighted by atomic mass is 16.5. The number of hydrogen-bond donors (Lipinski definition) is 1. The van der Waals surface area contributed by atoms with Crippen LogP contribution in [-0.4, -0.2) is 25.0 Å². The molecule has 1 aliphatic rings. The lowest BCUT2D eigenvalue weighted by molar-refractivity contribution is -0.126. The first kappa shape index (κ1) is 20.9. The molecule has 154 valence electrons. The third kappa shape index (κ3) is 5.37. The summed E-state index contributed by atoms with van der Waals surface area (Å²) in [5.74, 6) is 0.861. The van der Waals surface area contributed by atoms with Crippen molar-refractivity contribution in [1.82, 2.24) is 5.32 Å². The summed E-state index contributed by atoms with van der Waals surface area (Å²) in [6, 6.07) is 15.8. The van der Waals surface area contributed by atoms with Gasteiger partial charge in [0.15, 0.2) is 0 Å².